The van der Waals surface area contributed by atoms with Crippen molar-refractivity contribution in [3.8, 4) is 11.1 Å². The molecule has 0 bridgehead atoms. The van der Waals surface area contributed by atoms with Gasteiger partial charge in [-0.25, -0.2) is 0 Å². The molecule has 0 unspecified atom stereocenters. The Balaban J connectivity index is 0.000000606. The van der Waals surface area contributed by atoms with Crippen molar-refractivity contribution < 1.29 is 0 Å². The summed E-state index contributed by atoms with van der Waals surface area (Å²) >= 11 is 0. The zero-order valence-electron chi connectivity index (χ0n) is 10.1. The number of nitrogen functional groups attached to an aromatic ring is 1. The fourth-order valence-corrected chi connectivity index (χ4v) is 1.38. The van der Waals surface area contributed by atoms with Gasteiger partial charge in [0.1, 0.15) is 0 Å². The van der Waals surface area contributed by atoms with Gasteiger partial charge >= 0.3 is 0 Å². The van der Waals surface area contributed by atoms with Gasteiger partial charge in [-0.05, 0) is 18.6 Å². The number of benzene rings is 1. The van der Waals surface area contributed by atoms with Crippen molar-refractivity contribution in [2.75, 3.05) is 5.73 Å². The van der Waals surface area contributed by atoms with Gasteiger partial charge in [-0.15, -0.1) is 0 Å². The minimum atomic E-state index is 0.767. The van der Waals surface area contributed by atoms with Crippen LogP contribution in [0.1, 0.15) is 19.4 Å². The Bertz CT molecular complexity index is 433. The van der Waals surface area contributed by atoms with Gasteiger partial charge in [0.15, 0.2) is 0 Å². The van der Waals surface area contributed by atoms with Gasteiger partial charge in [0, 0.05) is 23.6 Å². The third-order valence-electron chi connectivity index (χ3n) is 2.22. The molecule has 0 aliphatic heterocycles. The predicted octanol–water partition coefficient (Wildman–Crippen LogP) is 3.67. The summed E-state index contributed by atoms with van der Waals surface area (Å²) in [6.45, 7) is 6.07. The number of nitrogens with two attached hydrogens (primary N) is 1. The summed E-state index contributed by atoms with van der Waals surface area (Å²) in [5.41, 5.74) is 9.97. The van der Waals surface area contributed by atoms with E-state index in [0.29, 0.717) is 0 Å². The number of nitrogens with zero attached hydrogens (tertiary/aromatic N) is 1. The zero-order chi connectivity index (χ0) is 12.0. The first-order valence-corrected chi connectivity index (χ1v) is 5.54. The normalized spacial score (nSPS) is 9.19. The SMILES string of the molecule is CC.Cc1ccc(-c2cnccc2N)cc1. The second-order valence-electron chi connectivity index (χ2n) is 3.33. The molecule has 2 heteroatoms. The Morgan fingerprint density at radius 3 is 2.19 bits per heavy atom. The monoisotopic (exact) mass is 214 g/mol. The van der Waals surface area contributed by atoms with Crippen LogP contribution in [0, 0.1) is 6.92 Å². The number of hydrogen-bond donors (Lipinski definition) is 1. The maximum absolute atomic E-state index is 5.85. The van der Waals surface area contributed by atoms with Crippen LogP contribution in [0.25, 0.3) is 11.1 Å². The van der Waals surface area contributed by atoms with E-state index in [2.05, 4.69) is 36.2 Å². The van der Waals surface area contributed by atoms with Crippen LogP contribution in [0.4, 0.5) is 5.69 Å². The lowest BCUT2D eigenvalue weighted by Crippen LogP contribution is -1.90. The van der Waals surface area contributed by atoms with E-state index in [1.165, 1.54) is 5.56 Å². The van der Waals surface area contributed by atoms with Crippen molar-refractivity contribution in [3.05, 3.63) is 48.3 Å². The predicted molar refractivity (Wildman–Crippen MR) is 70.2 cm³/mol. The van der Waals surface area contributed by atoms with Crippen molar-refractivity contribution in [3.63, 3.8) is 0 Å². The van der Waals surface area contributed by atoms with Crippen LogP contribution in [0.3, 0.4) is 0 Å². The van der Waals surface area contributed by atoms with E-state index in [-0.39, 0.29) is 0 Å². The fourth-order valence-electron chi connectivity index (χ4n) is 1.38. The summed E-state index contributed by atoms with van der Waals surface area (Å²) in [5, 5.41) is 0. The van der Waals surface area contributed by atoms with E-state index in [1.54, 1.807) is 12.4 Å². The van der Waals surface area contributed by atoms with Gasteiger partial charge in [-0.3, -0.25) is 4.98 Å². The molecule has 1 aromatic carbocycles. The number of aromatic nitrogens is 1. The standard InChI is InChI=1S/C12H12N2.C2H6/c1-9-2-4-10(5-3-9)11-8-14-7-6-12(11)13;1-2/h2-8H,1H3,(H2,13,14);1-2H3. The molecule has 0 amide bonds. The number of rotatable bonds is 1. The molecule has 2 rings (SSSR count). The molecule has 2 N–H and O–H groups in total. The molecule has 16 heavy (non-hydrogen) atoms. The summed E-state index contributed by atoms with van der Waals surface area (Å²) in [4.78, 5) is 4.06. The van der Waals surface area contributed by atoms with Crippen LogP contribution in [-0.4, -0.2) is 4.98 Å². The number of pyridine rings is 1. The highest BCUT2D eigenvalue weighted by atomic mass is 14.7. The summed E-state index contributed by atoms with van der Waals surface area (Å²) in [6.07, 6.45) is 3.49. The third-order valence-corrected chi connectivity index (χ3v) is 2.22. The smallest absolute Gasteiger partial charge is 0.0424 e. The largest absolute Gasteiger partial charge is 0.398 e. The van der Waals surface area contributed by atoms with Gasteiger partial charge in [0.05, 0.1) is 0 Å². The molecule has 84 valence electrons. The van der Waals surface area contributed by atoms with Crippen molar-refractivity contribution in [1.29, 1.82) is 0 Å². The Labute approximate surface area is 97.1 Å². The molecule has 2 nitrogen and oxygen atoms in total. The van der Waals surface area contributed by atoms with E-state index in [0.717, 1.165) is 16.8 Å². The quantitative estimate of drug-likeness (QED) is 0.786. The molecule has 0 aliphatic rings. The van der Waals surface area contributed by atoms with Crippen LogP contribution in [0.5, 0.6) is 0 Å². The molecular weight excluding hydrogens is 196 g/mol. The highest BCUT2D eigenvalue weighted by Crippen LogP contribution is 2.24. The minimum Gasteiger partial charge on any atom is -0.398 e. The molecule has 0 saturated carbocycles. The molecule has 0 spiro atoms. The Kier molecular flexibility index (Phi) is 4.52. The Morgan fingerprint density at radius 2 is 1.62 bits per heavy atom. The lowest BCUT2D eigenvalue weighted by molar-refractivity contribution is 1.33. The average Bonchev–Trinajstić information content (AvgIpc) is 2.34. The van der Waals surface area contributed by atoms with Crippen LogP contribution >= 0.6 is 0 Å². The fraction of sp³-hybridized carbons (Fsp3) is 0.214. The molecule has 0 fully saturated rings. The molecule has 0 aliphatic carbocycles. The molecule has 0 radical (unpaired) electrons. The van der Waals surface area contributed by atoms with Crippen molar-refractivity contribution in [2.45, 2.75) is 20.8 Å². The first-order valence-electron chi connectivity index (χ1n) is 5.54. The Morgan fingerprint density at radius 1 is 1.00 bits per heavy atom. The van der Waals surface area contributed by atoms with E-state index in [9.17, 15) is 0 Å². The van der Waals surface area contributed by atoms with Crippen LogP contribution < -0.4 is 5.73 Å². The second kappa shape index (κ2) is 5.91. The minimum absolute atomic E-state index is 0.767. The van der Waals surface area contributed by atoms with E-state index >= 15 is 0 Å². The second-order valence-corrected chi connectivity index (χ2v) is 3.33. The first-order chi connectivity index (χ1) is 7.77. The zero-order valence-corrected chi connectivity index (χ0v) is 10.1. The molecule has 1 heterocycles. The van der Waals surface area contributed by atoms with Gasteiger partial charge < -0.3 is 5.73 Å². The maximum atomic E-state index is 5.85. The van der Waals surface area contributed by atoms with Crippen molar-refractivity contribution in [2.24, 2.45) is 0 Å². The van der Waals surface area contributed by atoms with E-state index in [4.69, 9.17) is 5.73 Å². The van der Waals surface area contributed by atoms with Gasteiger partial charge in [0.25, 0.3) is 0 Å². The molecule has 0 atom stereocenters. The molecule has 2 aromatic rings. The lowest BCUT2D eigenvalue weighted by Gasteiger charge is -2.04. The van der Waals surface area contributed by atoms with Gasteiger partial charge in [-0.2, -0.15) is 0 Å². The van der Waals surface area contributed by atoms with Crippen LogP contribution in [0.15, 0.2) is 42.7 Å². The molecular formula is C14H18N2. The molecule has 1 aromatic heterocycles. The number of anilines is 1. The van der Waals surface area contributed by atoms with Crippen LogP contribution in [0.2, 0.25) is 0 Å². The maximum Gasteiger partial charge on any atom is 0.0424 e. The molecule has 0 saturated heterocycles. The highest BCUT2D eigenvalue weighted by Gasteiger charge is 2.00. The number of aryl methyl sites for hydroxylation is 1. The van der Waals surface area contributed by atoms with E-state index in [1.807, 2.05) is 19.9 Å². The van der Waals surface area contributed by atoms with Crippen molar-refractivity contribution >= 4 is 5.69 Å². The number of hydrogen-bond acceptors (Lipinski definition) is 2. The van der Waals surface area contributed by atoms with E-state index < -0.39 is 0 Å². The lowest BCUT2D eigenvalue weighted by atomic mass is 10.0. The topological polar surface area (TPSA) is 38.9 Å². The Hall–Kier alpha value is -1.83. The average molecular weight is 214 g/mol. The summed E-state index contributed by atoms with van der Waals surface area (Å²) in [5.74, 6) is 0. The highest BCUT2D eigenvalue weighted by molar-refractivity contribution is 5.75. The first kappa shape index (κ1) is 12.2. The summed E-state index contributed by atoms with van der Waals surface area (Å²) < 4.78 is 0. The summed E-state index contributed by atoms with van der Waals surface area (Å²) in [7, 11) is 0. The van der Waals surface area contributed by atoms with Crippen LogP contribution in [-0.2, 0) is 0 Å². The van der Waals surface area contributed by atoms with Gasteiger partial charge in [0.2, 0.25) is 0 Å². The van der Waals surface area contributed by atoms with Crippen molar-refractivity contribution in [1.82, 2.24) is 4.98 Å². The van der Waals surface area contributed by atoms with Gasteiger partial charge in [-0.1, -0.05) is 43.7 Å². The summed E-state index contributed by atoms with van der Waals surface area (Å²) in [6, 6.07) is 10.1. The third kappa shape index (κ3) is 2.83.